The molecule has 0 fully saturated rings. The van der Waals surface area contributed by atoms with Gasteiger partial charge in [-0.15, -0.1) is 0 Å². The molecule has 118 valence electrons. The van der Waals surface area contributed by atoms with E-state index in [0.29, 0.717) is 6.42 Å². The molecule has 0 aliphatic heterocycles. The number of methoxy groups -OCH3 is 1. The van der Waals surface area contributed by atoms with Gasteiger partial charge in [-0.2, -0.15) is 5.10 Å². The molecule has 1 amide bonds. The molecule has 0 saturated heterocycles. The molecule has 1 atom stereocenters. The Bertz CT molecular complexity index is 491. The molecule has 1 N–H and O–H groups in total. The summed E-state index contributed by atoms with van der Waals surface area (Å²) in [7, 11) is 1.28. The highest BCUT2D eigenvalue weighted by Crippen LogP contribution is 2.09. The fraction of sp³-hybridized carbons (Fsp3) is 0.643. The standard InChI is InChI=1S/C14H23N3O4/c1-6-17-9-10(8-15-17)7-11(12(18)20-5)16-13(19)21-14(2,3)4/h8-9,11H,6-7H2,1-5H3,(H,16,19). The summed E-state index contributed by atoms with van der Waals surface area (Å²) < 4.78 is 11.6. The average Bonchev–Trinajstić information content (AvgIpc) is 2.82. The molecule has 0 bridgehead atoms. The number of carbonyl (C=O) groups is 2. The highest BCUT2D eigenvalue weighted by atomic mass is 16.6. The van der Waals surface area contributed by atoms with Gasteiger partial charge in [-0.05, 0) is 33.3 Å². The van der Waals surface area contributed by atoms with E-state index in [0.717, 1.165) is 12.1 Å². The van der Waals surface area contributed by atoms with Crippen LogP contribution in [-0.2, 0) is 27.2 Å². The van der Waals surface area contributed by atoms with Crippen LogP contribution in [0.4, 0.5) is 4.79 Å². The highest BCUT2D eigenvalue weighted by molar-refractivity contribution is 5.81. The Morgan fingerprint density at radius 1 is 1.43 bits per heavy atom. The lowest BCUT2D eigenvalue weighted by Crippen LogP contribution is -2.45. The van der Waals surface area contributed by atoms with Crippen molar-refractivity contribution in [3.63, 3.8) is 0 Å². The van der Waals surface area contributed by atoms with E-state index in [1.807, 2.05) is 13.1 Å². The second-order valence-corrected chi connectivity index (χ2v) is 5.63. The van der Waals surface area contributed by atoms with E-state index < -0.39 is 23.7 Å². The summed E-state index contributed by atoms with van der Waals surface area (Å²) in [5.41, 5.74) is 0.209. The Hall–Kier alpha value is -2.05. The van der Waals surface area contributed by atoms with Crippen LogP contribution in [0.3, 0.4) is 0 Å². The summed E-state index contributed by atoms with van der Waals surface area (Å²) >= 11 is 0. The molecule has 0 aliphatic carbocycles. The van der Waals surface area contributed by atoms with E-state index in [-0.39, 0.29) is 0 Å². The van der Waals surface area contributed by atoms with Gasteiger partial charge in [-0.25, -0.2) is 9.59 Å². The van der Waals surface area contributed by atoms with Crippen molar-refractivity contribution in [2.24, 2.45) is 0 Å². The van der Waals surface area contributed by atoms with Crippen molar-refractivity contribution in [1.29, 1.82) is 0 Å². The molecule has 1 unspecified atom stereocenters. The number of amides is 1. The van der Waals surface area contributed by atoms with Gasteiger partial charge in [0.25, 0.3) is 0 Å². The molecule has 0 aromatic carbocycles. The predicted molar refractivity (Wildman–Crippen MR) is 76.8 cm³/mol. The van der Waals surface area contributed by atoms with Crippen LogP contribution in [0, 0.1) is 0 Å². The van der Waals surface area contributed by atoms with Gasteiger partial charge in [0.1, 0.15) is 11.6 Å². The first-order chi connectivity index (χ1) is 9.75. The molecule has 1 aromatic rings. The van der Waals surface area contributed by atoms with Gasteiger partial charge in [0.05, 0.1) is 13.3 Å². The normalized spacial score (nSPS) is 12.6. The van der Waals surface area contributed by atoms with Crippen molar-refractivity contribution in [3.05, 3.63) is 18.0 Å². The summed E-state index contributed by atoms with van der Waals surface area (Å²) in [6, 6.07) is -0.806. The number of ether oxygens (including phenoxy) is 2. The third-order valence-corrected chi connectivity index (χ3v) is 2.63. The molecular formula is C14H23N3O4. The van der Waals surface area contributed by atoms with Crippen molar-refractivity contribution in [2.45, 2.75) is 52.3 Å². The van der Waals surface area contributed by atoms with Gasteiger partial charge in [-0.1, -0.05) is 0 Å². The number of aryl methyl sites for hydroxylation is 1. The molecule has 1 aromatic heterocycles. The van der Waals surface area contributed by atoms with Crippen LogP contribution >= 0.6 is 0 Å². The smallest absolute Gasteiger partial charge is 0.408 e. The van der Waals surface area contributed by atoms with Crippen LogP contribution in [0.5, 0.6) is 0 Å². The Labute approximate surface area is 124 Å². The molecule has 7 heteroatoms. The number of alkyl carbamates (subject to hydrolysis) is 1. The minimum atomic E-state index is -0.806. The van der Waals surface area contributed by atoms with E-state index >= 15 is 0 Å². The quantitative estimate of drug-likeness (QED) is 0.833. The summed E-state index contributed by atoms with van der Waals surface area (Å²) in [4.78, 5) is 23.6. The number of rotatable bonds is 5. The molecule has 0 radical (unpaired) electrons. The predicted octanol–water partition coefficient (Wildman–Crippen LogP) is 1.51. The minimum absolute atomic E-state index is 0.298. The molecule has 1 rings (SSSR count). The average molecular weight is 297 g/mol. The molecule has 21 heavy (non-hydrogen) atoms. The molecule has 7 nitrogen and oxygen atoms in total. The zero-order valence-electron chi connectivity index (χ0n) is 13.2. The van der Waals surface area contributed by atoms with E-state index in [1.165, 1.54) is 7.11 Å². The summed E-state index contributed by atoms with van der Waals surface area (Å²) in [5.74, 6) is -0.523. The first-order valence-corrected chi connectivity index (χ1v) is 6.84. The third-order valence-electron chi connectivity index (χ3n) is 2.63. The number of nitrogens with one attached hydrogen (secondary N) is 1. The monoisotopic (exact) mass is 297 g/mol. The van der Waals surface area contributed by atoms with E-state index in [4.69, 9.17) is 9.47 Å². The van der Waals surface area contributed by atoms with Crippen LogP contribution in [0.25, 0.3) is 0 Å². The number of nitrogens with zero attached hydrogens (tertiary/aromatic N) is 2. The van der Waals surface area contributed by atoms with Crippen LogP contribution < -0.4 is 5.32 Å². The van der Waals surface area contributed by atoms with Gasteiger partial charge >= 0.3 is 12.1 Å². The largest absolute Gasteiger partial charge is 0.467 e. The fourth-order valence-electron chi connectivity index (χ4n) is 1.71. The van der Waals surface area contributed by atoms with Crippen LogP contribution in [-0.4, -0.2) is 40.6 Å². The van der Waals surface area contributed by atoms with Gasteiger partial charge in [0.2, 0.25) is 0 Å². The van der Waals surface area contributed by atoms with Crippen molar-refractivity contribution in [3.8, 4) is 0 Å². The molecule has 0 spiro atoms. The molecule has 1 heterocycles. The SMILES string of the molecule is CCn1cc(CC(NC(=O)OC(C)(C)C)C(=O)OC)cn1. The lowest BCUT2D eigenvalue weighted by molar-refractivity contribution is -0.143. The zero-order valence-corrected chi connectivity index (χ0v) is 13.2. The summed E-state index contributed by atoms with van der Waals surface area (Å²) in [6.45, 7) is 7.97. The second-order valence-electron chi connectivity index (χ2n) is 5.63. The Kier molecular flexibility index (Phi) is 5.75. The van der Waals surface area contributed by atoms with E-state index in [1.54, 1.807) is 31.6 Å². The van der Waals surface area contributed by atoms with E-state index in [9.17, 15) is 9.59 Å². The maximum atomic E-state index is 11.8. The Balaban J connectivity index is 2.72. The van der Waals surface area contributed by atoms with E-state index in [2.05, 4.69) is 10.4 Å². The van der Waals surface area contributed by atoms with Crippen LogP contribution in [0.2, 0.25) is 0 Å². The van der Waals surface area contributed by atoms with Gasteiger partial charge in [0.15, 0.2) is 0 Å². The molecular weight excluding hydrogens is 274 g/mol. The summed E-state index contributed by atoms with van der Waals surface area (Å²) in [5, 5.41) is 6.66. The van der Waals surface area contributed by atoms with Crippen molar-refractivity contribution in [1.82, 2.24) is 15.1 Å². The molecule has 0 saturated carbocycles. The third kappa shape index (κ3) is 5.85. The lowest BCUT2D eigenvalue weighted by Gasteiger charge is -2.22. The number of hydrogen-bond acceptors (Lipinski definition) is 5. The van der Waals surface area contributed by atoms with Gasteiger partial charge in [0, 0.05) is 19.2 Å². The Morgan fingerprint density at radius 2 is 2.10 bits per heavy atom. The number of aromatic nitrogens is 2. The minimum Gasteiger partial charge on any atom is -0.467 e. The highest BCUT2D eigenvalue weighted by Gasteiger charge is 2.25. The summed E-state index contributed by atoms with van der Waals surface area (Å²) in [6.07, 6.45) is 3.13. The number of carbonyl (C=O) groups excluding carboxylic acids is 2. The second kappa shape index (κ2) is 7.10. The zero-order chi connectivity index (χ0) is 16.0. The number of esters is 1. The van der Waals surface area contributed by atoms with Crippen molar-refractivity contribution < 1.29 is 19.1 Å². The topological polar surface area (TPSA) is 82.5 Å². The van der Waals surface area contributed by atoms with Crippen molar-refractivity contribution in [2.75, 3.05) is 7.11 Å². The fourth-order valence-corrected chi connectivity index (χ4v) is 1.71. The lowest BCUT2D eigenvalue weighted by atomic mass is 10.1. The van der Waals surface area contributed by atoms with Gasteiger partial charge in [-0.3, -0.25) is 4.68 Å². The van der Waals surface area contributed by atoms with Crippen LogP contribution in [0.15, 0.2) is 12.4 Å². The first-order valence-electron chi connectivity index (χ1n) is 6.84. The maximum Gasteiger partial charge on any atom is 0.408 e. The van der Waals surface area contributed by atoms with Crippen LogP contribution in [0.1, 0.15) is 33.3 Å². The maximum absolute atomic E-state index is 11.8. The molecule has 0 aliphatic rings. The first kappa shape index (κ1) is 17.0. The van der Waals surface area contributed by atoms with Crippen molar-refractivity contribution >= 4 is 12.1 Å². The Morgan fingerprint density at radius 3 is 2.57 bits per heavy atom. The number of hydrogen-bond donors (Lipinski definition) is 1. The van der Waals surface area contributed by atoms with Gasteiger partial charge < -0.3 is 14.8 Å².